The molecule has 1 heterocycles. The van der Waals surface area contributed by atoms with Gasteiger partial charge in [-0.3, -0.25) is 14.5 Å². The van der Waals surface area contributed by atoms with Crippen molar-refractivity contribution in [2.24, 2.45) is 0 Å². The Morgan fingerprint density at radius 3 is 2.74 bits per heavy atom. The first-order valence-corrected chi connectivity index (χ1v) is 8.28. The van der Waals surface area contributed by atoms with E-state index in [1.807, 2.05) is 0 Å². The van der Waals surface area contributed by atoms with Crippen LogP contribution in [0.4, 0.5) is 4.79 Å². The number of phenolic OH excluding ortho intramolecular Hbond substituents is 1. The second-order valence-electron chi connectivity index (χ2n) is 4.58. The molecule has 1 atom stereocenters. The molecule has 1 saturated heterocycles. The van der Waals surface area contributed by atoms with Crippen LogP contribution in [-0.2, 0) is 14.3 Å². The van der Waals surface area contributed by atoms with Crippen LogP contribution in [0.15, 0.2) is 21.5 Å². The summed E-state index contributed by atoms with van der Waals surface area (Å²) in [6.07, 6.45) is 1.35. The van der Waals surface area contributed by atoms with Gasteiger partial charge in [-0.25, -0.2) is 4.79 Å². The van der Waals surface area contributed by atoms with Crippen LogP contribution in [0, 0.1) is 0 Å². The Bertz CT molecular complexity index is 736. The maximum atomic E-state index is 12.3. The van der Waals surface area contributed by atoms with Crippen molar-refractivity contribution in [3.05, 3.63) is 32.1 Å². The third-order valence-electron chi connectivity index (χ3n) is 3.10. The lowest BCUT2D eigenvalue weighted by Gasteiger charge is -2.18. The van der Waals surface area contributed by atoms with Crippen LogP contribution in [0.5, 0.6) is 5.75 Å². The number of amides is 2. The molecule has 2 rings (SSSR count). The van der Waals surface area contributed by atoms with Crippen LogP contribution in [0.1, 0.15) is 12.5 Å². The van der Waals surface area contributed by atoms with E-state index in [2.05, 4.69) is 20.7 Å². The van der Waals surface area contributed by atoms with E-state index in [0.29, 0.717) is 16.2 Å². The van der Waals surface area contributed by atoms with Gasteiger partial charge in [0.2, 0.25) is 0 Å². The van der Waals surface area contributed by atoms with Gasteiger partial charge >= 0.3 is 5.97 Å². The highest BCUT2D eigenvalue weighted by molar-refractivity contribution is 9.10. The fourth-order valence-electron chi connectivity index (χ4n) is 1.93. The Morgan fingerprint density at radius 2 is 2.13 bits per heavy atom. The average molecular weight is 421 g/mol. The first-order valence-electron chi connectivity index (χ1n) is 6.29. The monoisotopic (exact) mass is 419 g/mol. The predicted molar refractivity (Wildman–Crippen MR) is 90.1 cm³/mol. The Kier molecular flexibility index (Phi) is 5.38. The fraction of sp³-hybridized carbons (Fsp3) is 0.214. The number of nitrogens with zero attached hydrogens (tertiary/aromatic N) is 1. The predicted octanol–water partition coefficient (Wildman–Crippen LogP) is 3.41. The van der Waals surface area contributed by atoms with E-state index < -0.39 is 23.2 Å². The second kappa shape index (κ2) is 6.94. The maximum absolute atomic E-state index is 12.3. The minimum absolute atomic E-state index is 0.0789. The highest BCUT2D eigenvalue weighted by Crippen LogP contribution is 2.38. The molecule has 1 fully saturated rings. The summed E-state index contributed by atoms with van der Waals surface area (Å²) in [6.45, 7) is 1.40. The number of carbonyl (C=O) groups excluding carboxylic acids is 3. The van der Waals surface area contributed by atoms with Crippen LogP contribution in [-0.4, -0.2) is 40.3 Å². The molecule has 0 spiro atoms. The zero-order chi connectivity index (χ0) is 17.3. The van der Waals surface area contributed by atoms with Crippen molar-refractivity contribution < 1.29 is 24.2 Å². The molecule has 1 aliphatic heterocycles. The summed E-state index contributed by atoms with van der Waals surface area (Å²) < 4.78 is 5.15. The van der Waals surface area contributed by atoms with Gasteiger partial charge in [0.25, 0.3) is 11.1 Å². The molecule has 1 aromatic carbocycles. The number of methoxy groups -OCH3 is 1. The van der Waals surface area contributed by atoms with Crippen molar-refractivity contribution in [3.8, 4) is 5.75 Å². The average Bonchev–Trinajstić information content (AvgIpc) is 2.77. The van der Waals surface area contributed by atoms with E-state index >= 15 is 0 Å². The molecule has 0 unspecified atom stereocenters. The molecule has 0 bridgehead atoms. The fourth-order valence-corrected chi connectivity index (χ4v) is 3.66. The first-order chi connectivity index (χ1) is 10.8. The molecule has 1 aliphatic rings. The molecule has 0 aliphatic carbocycles. The number of halogens is 2. The number of phenols is 1. The summed E-state index contributed by atoms with van der Waals surface area (Å²) in [6, 6.07) is 2.02. The summed E-state index contributed by atoms with van der Waals surface area (Å²) in [5.74, 6) is -1.53. The smallest absolute Gasteiger partial charge is 0.328 e. The van der Waals surface area contributed by atoms with Crippen molar-refractivity contribution in [2.45, 2.75) is 13.0 Å². The molecule has 1 N–H and O–H groups in total. The number of thioether (sulfide) groups is 1. The second-order valence-corrected chi connectivity index (χ2v) is 6.89. The van der Waals surface area contributed by atoms with Crippen molar-refractivity contribution in [1.82, 2.24) is 4.90 Å². The first kappa shape index (κ1) is 17.8. The number of rotatable bonds is 3. The van der Waals surface area contributed by atoms with E-state index in [1.54, 1.807) is 6.07 Å². The Labute approximate surface area is 149 Å². The summed E-state index contributed by atoms with van der Waals surface area (Å²) in [4.78, 5) is 36.8. The summed E-state index contributed by atoms with van der Waals surface area (Å²) in [7, 11) is 1.18. The quantitative estimate of drug-likeness (QED) is 0.596. The number of benzene rings is 1. The van der Waals surface area contributed by atoms with Gasteiger partial charge in [-0.05, 0) is 36.9 Å². The number of carbonyl (C=O) groups is 3. The topological polar surface area (TPSA) is 83.9 Å². The van der Waals surface area contributed by atoms with E-state index in [9.17, 15) is 19.5 Å². The van der Waals surface area contributed by atoms with Crippen LogP contribution in [0.3, 0.4) is 0 Å². The SMILES string of the molecule is COC(=O)[C@@H](C)N1C(=O)S/C(=C\c2cc(Br)cc(Cl)c2O)C1=O. The minimum Gasteiger partial charge on any atom is -0.506 e. The third-order valence-corrected chi connectivity index (χ3v) is 4.73. The lowest BCUT2D eigenvalue weighted by Crippen LogP contribution is -2.42. The molecular formula is C14H11BrClNO5S. The number of aromatic hydroxyl groups is 1. The molecule has 0 saturated carbocycles. The minimum atomic E-state index is -1.03. The summed E-state index contributed by atoms with van der Waals surface area (Å²) in [5.41, 5.74) is 0.278. The number of esters is 1. The molecule has 9 heteroatoms. The number of imide groups is 1. The van der Waals surface area contributed by atoms with Gasteiger partial charge in [0.15, 0.2) is 0 Å². The zero-order valence-electron chi connectivity index (χ0n) is 12.0. The highest BCUT2D eigenvalue weighted by Gasteiger charge is 2.41. The molecule has 6 nitrogen and oxygen atoms in total. The van der Waals surface area contributed by atoms with Gasteiger partial charge < -0.3 is 9.84 Å². The van der Waals surface area contributed by atoms with E-state index in [-0.39, 0.29) is 21.2 Å². The Hall–Kier alpha value is -1.51. The van der Waals surface area contributed by atoms with Gasteiger partial charge in [-0.2, -0.15) is 0 Å². The number of hydrogen-bond acceptors (Lipinski definition) is 6. The van der Waals surface area contributed by atoms with Crippen molar-refractivity contribution in [3.63, 3.8) is 0 Å². The summed E-state index contributed by atoms with van der Waals surface area (Å²) in [5, 5.41) is 9.47. The molecule has 0 aromatic heterocycles. The molecular weight excluding hydrogens is 410 g/mol. The van der Waals surface area contributed by atoms with Gasteiger partial charge in [0, 0.05) is 10.0 Å². The van der Waals surface area contributed by atoms with Crippen LogP contribution >= 0.6 is 39.3 Å². The Morgan fingerprint density at radius 1 is 1.48 bits per heavy atom. The van der Waals surface area contributed by atoms with Gasteiger partial charge in [-0.1, -0.05) is 27.5 Å². The summed E-state index contributed by atoms with van der Waals surface area (Å²) >= 11 is 9.78. The number of hydrogen-bond donors (Lipinski definition) is 1. The van der Waals surface area contributed by atoms with Crippen LogP contribution < -0.4 is 0 Å². The van der Waals surface area contributed by atoms with E-state index in [1.165, 1.54) is 26.2 Å². The molecule has 1 aromatic rings. The van der Waals surface area contributed by atoms with Crippen LogP contribution in [0.25, 0.3) is 6.08 Å². The van der Waals surface area contributed by atoms with E-state index in [4.69, 9.17) is 11.6 Å². The molecule has 0 radical (unpaired) electrons. The zero-order valence-corrected chi connectivity index (χ0v) is 15.2. The molecule has 23 heavy (non-hydrogen) atoms. The van der Waals surface area contributed by atoms with Gasteiger partial charge in [0.1, 0.15) is 11.8 Å². The maximum Gasteiger partial charge on any atom is 0.328 e. The standard InChI is InChI=1S/C14H11BrClNO5S/c1-6(13(20)22-2)17-12(19)10(23-14(17)21)4-7-3-8(15)5-9(16)11(7)18/h3-6,18H,1-2H3/b10-4-/t6-/m1/s1. The Balaban J connectivity index is 2.38. The lowest BCUT2D eigenvalue weighted by molar-refractivity contribution is -0.148. The largest absolute Gasteiger partial charge is 0.506 e. The molecule has 122 valence electrons. The van der Waals surface area contributed by atoms with Gasteiger partial charge in [-0.15, -0.1) is 0 Å². The highest BCUT2D eigenvalue weighted by atomic mass is 79.9. The van der Waals surface area contributed by atoms with Gasteiger partial charge in [0.05, 0.1) is 17.0 Å². The normalized spacial score (nSPS) is 17.7. The van der Waals surface area contributed by atoms with Crippen molar-refractivity contribution in [2.75, 3.05) is 7.11 Å². The lowest BCUT2D eigenvalue weighted by atomic mass is 10.2. The van der Waals surface area contributed by atoms with E-state index in [0.717, 1.165) is 4.90 Å². The third kappa shape index (κ3) is 3.54. The number of ether oxygens (including phenoxy) is 1. The molecule has 2 amide bonds. The van der Waals surface area contributed by atoms with Crippen molar-refractivity contribution in [1.29, 1.82) is 0 Å². The van der Waals surface area contributed by atoms with Crippen LogP contribution in [0.2, 0.25) is 5.02 Å². The van der Waals surface area contributed by atoms with Crippen molar-refractivity contribution >= 4 is 62.5 Å².